The van der Waals surface area contributed by atoms with Crippen LogP contribution in [0.5, 0.6) is 0 Å². The smallest absolute Gasteiger partial charge is 0.233 e. The van der Waals surface area contributed by atoms with Gasteiger partial charge in [0.2, 0.25) is 5.91 Å². The van der Waals surface area contributed by atoms with Crippen molar-refractivity contribution >= 4 is 5.91 Å². The third-order valence-electron chi connectivity index (χ3n) is 3.43. The fourth-order valence-corrected chi connectivity index (χ4v) is 2.55. The summed E-state index contributed by atoms with van der Waals surface area (Å²) in [5, 5.41) is 5.82. The first kappa shape index (κ1) is 14.1. The highest BCUT2D eigenvalue weighted by Gasteiger charge is 2.18. The van der Waals surface area contributed by atoms with Crippen LogP contribution >= 0.6 is 0 Å². The highest BCUT2D eigenvalue weighted by molar-refractivity contribution is 5.77. The van der Waals surface area contributed by atoms with E-state index in [2.05, 4.69) is 23.5 Å². The molecule has 1 fully saturated rings. The molecule has 0 heterocycles. The van der Waals surface area contributed by atoms with E-state index in [0.29, 0.717) is 13.1 Å². The Bertz CT molecular complexity index is 270. The van der Waals surface area contributed by atoms with Crippen LogP contribution in [0.4, 0.5) is 0 Å². The predicted octanol–water partition coefficient (Wildman–Crippen LogP) is 1.54. The Kier molecular flexibility index (Phi) is 6.73. The van der Waals surface area contributed by atoms with E-state index in [9.17, 15) is 4.79 Å². The van der Waals surface area contributed by atoms with Crippen molar-refractivity contribution in [3.05, 3.63) is 0 Å². The first-order valence-corrected chi connectivity index (χ1v) is 6.63. The minimum absolute atomic E-state index is 0.0455. The van der Waals surface area contributed by atoms with Crippen LogP contribution in [-0.2, 0) is 4.79 Å². The predicted molar refractivity (Wildman–Crippen MR) is 70.5 cm³/mol. The molecular weight excluding hydrogens is 212 g/mol. The summed E-state index contributed by atoms with van der Waals surface area (Å²) >= 11 is 0. The maximum Gasteiger partial charge on any atom is 0.233 e. The molecule has 1 saturated carbocycles. The summed E-state index contributed by atoms with van der Waals surface area (Å²) in [5.41, 5.74) is 0. The SMILES string of the molecule is C#CCNCC(=O)NCCC1CCCC(C)C1. The van der Waals surface area contributed by atoms with Gasteiger partial charge in [-0.2, -0.15) is 0 Å². The molecule has 17 heavy (non-hydrogen) atoms. The molecule has 0 saturated heterocycles. The Morgan fingerprint density at radius 3 is 3.00 bits per heavy atom. The number of carbonyl (C=O) groups excluding carboxylic acids is 1. The summed E-state index contributed by atoms with van der Waals surface area (Å²) in [6.07, 6.45) is 11.6. The van der Waals surface area contributed by atoms with E-state index in [0.717, 1.165) is 24.8 Å². The lowest BCUT2D eigenvalue weighted by molar-refractivity contribution is -0.120. The molecule has 3 nitrogen and oxygen atoms in total. The molecule has 0 spiro atoms. The fourth-order valence-electron chi connectivity index (χ4n) is 2.55. The van der Waals surface area contributed by atoms with Gasteiger partial charge in [-0.15, -0.1) is 6.42 Å². The van der Waals surface area contributed by atoms with E-state index in [1.54, 1.807) is 0 Å². The van der Waals surface area contributed by atoms with Crippen molar-refractivity contribution in [2.24, 2.45) is 11.8 Å². The van der Waals surface area contributed by atoms with Crippen LogP contribution in [0.1, 0.15) is 39.0 Å². The number of terminal acetylenes is 1. The third-order valence-corrected chi connectivity index (χ3v) is 3.43. The zero-order valence-corrected chi connectivity index (χ0v) is 10.8. The Morgan fingerprint density at radius 1 is 1.47 bits per heavy atom. The Balaban J connectivity index is 2.03. The van der Waals surface area contributed by atoms with E-state index in [1.165, 1.54) is 25.7 Å². The zero-order chi connectivity index (χ0) is 12.5. The van der Waals surface area contributed by atoms with E-state index >= 15 is 0 Å². The molecule has 0 aromatic carbocycles. The Labute approximate surface area is 105 Å². The summed E-state index contributed by atoms with van der Waals surface area (Å²) in [4.78, 5) is 11.4. The topological polar surface area (TPSA) is 41.1 Å². The van der Waals surface area contributed by atoms with Gasteiger partial charge in [0, 0.05) is 6.54 Å². The van der Waals surface area contributed by atoms with Crippen molar-refractivity contribution in [3.8, 4) is 12.3 Å². The molecule has 0 aromatic heterocycles. The summed E-state index contributed by atoms with van der Waals surface area (Å²) < 4.78 is 0. The van der Waals surface area contributed by atoms with Crippen molar-refractivity contribution in [3.63, 3.8) is 0 Å². The largest absolute Gasteiger partial charge is 0.355 e. The molecule has 1 rings (SSSR count). The highest BCUT2D eigenvalue weighted by Crippen LogP contribution is 2.30. The number of amides is 1. The average Bonchev–Trinajstić information content (AvgIpc) is 2.29. The molecule has 0 bridgehead atoms. The zero-order valence-electron chi connectivity index (χ0n) is 10.8. The van der Waals surface area contributed by atoms with Crippen LogP contribution in [0.2, 0.25) is 0 Å². The van der Waals surface area contributed by atoms with Gasteiger partial charge < -0.3 is 5.32 Å². The lowest BCUT2D eigenvalue weighted by Crippen LogP contribution is -2.35. The molecule has 0 aliphatic heterocycles. The van der Waals surface area contributed by atoms with Crippen LogP contribution in [0.15, 0.2) is 0 Å². The lowest BCUT2D eigenvalue weighted by atomic mass is 9.81. The molecule has 0 radical (unpaired) electrons. The summed E-state index contributed by atoms with van der Waals surface area (Å²) in [7, 11) is 0. The van der Waals surface area contributed by atoms with Crippen molar-refractivity contribution in [2.75, 3.05) is 19.6 Å². The third kappa shape index (κ3) is 6.33. The van der Waals surface area contributed by atoms with Gasteiger partial charge in [0.05, 0.1) is 13.1 Å². The molecular formula is C14H24N2O. The van der Waals surface area contributed by atoms with E-state index in [1.807, 2.05) is 0 Å². The number of hydrogen-bond acceptors (Lipinski definition) is 2. The maximum atomic E-state index is 11.4. The molecule has 1 aliphatic rings. The second kappa shape index (κ2) is 8.14. The van der Waals surface area contributed by atoms with E-state index in [-0.39, 0.29) is 5.91 Å². The van der Waals surface area contributed by atoms with Gasteiger partial charge in [0.15, 0.2) is 0 Å². The molecule has 2 N–H and O–H groups in total. The lowest BCUT2D eigenvalue weighted by Gasteiger charge is -2.26. The molecule has 1 amide bonds. The monoisotopic (exact) mass is 236 g/mol. The number of rotatable bonds is 6. The Hall–Kier alpha value is -1.01. The van der Waals surface area contributed by atoms with Crippen molar-refractivity contribution in [1.82, 2.24) is 10.6 Å². The van der Waals surface area contributed by atoms with Gasteiger partial charge in [0.25, 0.3) is 0 Å². The Morgan fingerprint density at radius 2 is 2.29 bits per heavy atom. The van der Waals surface area contributed by atoms with Gasteiger partial charge >= 0.3 is 0 Å². The second-order valence-electron chi connectivity index (χ2n) is 5.08. The highest BCUT2D eigenvalue weighted by atomic mass is 16.1. The van der Waals surface area contributed by atoms with Gasteiger partial charge in [-0.05, 0) is 24.7 Å². The number of hydrogen-bond donors (Lipinski definition) is 2. The van der Waals surface area contributed by atoms with Gasteiger partial charge in [-0.3, -0.25) is 10.1 Å². The second-order valence-corrected chi connectivity index (χ2v) is 5.08. The number of nitrogens with one attached hydrogen (secondary N) is 2. The average molecular weight is 236 g/mol. The summed E-state index contributed by atoms with van der Waals surface area (Å²) in [5.74, 6) is 4.16. The van der Waals surface area contributed by atoms with Crippen LogP contribution in [0.25, 0.3) is 0 Å². The molecule has 0 aromatic rings. The van der Waals surface area contributed by atoms with E-state index in [4.69, 9.17) is 6.42 Å². The molecule has 3 heteroatoms. The maximum absolute atomic E-state index is 11.4. The van der Waals surface area contributed by atoms with Gasteiger partial charge in [-0.1, -0.05) is 32.1 Å². The molecule has 2 atom stereocenters. The molecule has 96 valence electrons. The normalized spacial score (nSPS) is 24.0. The summed E-state index contributed by atoms with van der Waals surface area (Å²) in [6.45, 7) is 3.90. The first-order chi connectivity index (χ1) is 8.22. The van der Waals surface area contributed by atoms with Crippen LogP contribution in [0, 0.1) is 24.2 Å². The fraction of sp³-hybridized carbons (Fsp3) is 0.786. The number of carbonyl (C=O) groups is 1. The summed E-state index contributed by atoms with van der Waals surface area (Å²) in [6, 6.07) is 0. The quantitative estimate of drug-likeness (QED) is 0.542. The van der Waals surface area contributed by atoms with Crippen LogP contribution in [0.3, 0.4) is 0 Å². The van der Waals surface area contributed by atoms with Gasteiger partial charge in [-0.25, -0.2) is 0 Å². The standard InChI is InChI=1S/C14H24N2O/c1-3-8-15-11-14(17)16-9-7-13-6-4-5-12(2)10-13/h1,12-13,15H,4-11H2,2H3,(H,16,17). The van der Waals surface area contributed by atoms with Crippen molar-refractivity contribution < 1.29 is 4.79 Å². The van der Waals surface area contributed by atoms with Crippen LogP contribution < -0.4 is 10.6 Å². The van der Waals surface area contributed by atoms with Crippen molar-refractivity contribution in [1.29, 1.82) is 0 Å². The van der Waals surface area contributed by atoms with Gasteiger partial charge in [0.1, 0.15) is 0 Å². The minimum Gasteiger partial charge on any atom is -0.355 e. The van der Waals surface area contributed by atoms with Crippen molar-refractivity contribution in [2.45, 2.75) is 39.0 Å². The van der Waals surface area contributed by atoms with Crippen LogP contribution in [-0.4, -0.2) is 25.5 Å². The molecule has 1 aliphatic carbocycles. The first-order valence-electron chi connectivity index (χ1n) is 6.63. The molecule has 2 unspecified atom stereocenters. The van der Waals surface area contributed by atoms with E-state index < -0.39 is 0 Å². The minimum atomic E-state index is 0.0455.